The molecule has 1 aromatic carbocycles. The van der Waals surface area contributed by atoms with Crippen molar-refractivity contribution in [2.75, 3.05) is 12.4 Å². The first-order chi connectivity index (χ1) is 11.9. The van der Waals surface area contributed by atoms with Gasteiger partial charge in [-0.1, -0.05) is 23.2 Å². The van der Waals surface area contributed by atoms with Crippen LogP contribution < -0.4 is 10.1 Å². The van der Waals surface area contributed by atoms with Crippen molar-refractivity contribution in [2.24, 2.45) is 0 Å². The van der Waals surface area contributed by atoms with Crippen molar-refractivity contribution in [1.82, 2.24) is 9.78 Å². The molecule has 0 unspecified atom stereocenters. The number of aryl methyl sites for hydroxylation is 2. The summed E-state index contributed by atoms with van der Waals surface area (Å²) in [5.41, 5.74) is 2.39. The summed E-state index contributed by atoms with van der Waals surface area (Å²) in [4.78, 5) is 13.2. The average molecular weight is 398 g/mol. The van der Waals surface area contributed by atoms with Gasteiger partial charge in [0.05, 0.1) is 33.9 Å². The Kier molecular flexibility index (Phi) is 4.95. The van der Waals surface area contributed by atoms with E-state index in [0.29, 0.717) is 26.4 Å². The van der Waals surface area contributed by atoms with Gasteiger partial charge in [0, 0.05) is 11.9 Å². The van der Waals surface area contributed by atoms with E-state index < -0.39 is 0 Å². The molecular formula is C17H17Cl2N3O2S. The fourth-order valence-electron chi connectivity index (χ4n) is 2.74. The fourth-order valence-corrected chi connectivity index (χ4v) is 4.53. The molecule has 3 aromatic rings. The Morgan fingerprint density at radius 3 is 2.64 bits per heavy atom. The molecule has 1 amide bonds. The molecule has 2 aromatic heterocycles. The number of fused-ring (bicyclic) bond motifs is 1. The maximum absolute atomic E-state index is 12.8. The molecule has 0 aliphatic heterocycles. The SMILES string of the molecule is CCn1nc(C)c(NC(=O)c2sc3c(Cl)c(OC)ccc3c2Cl)c1C. The van der Waals surface area contributed by atoms with Crippen molar-refractivity contribution in [3.63, 3.8) is 0 Å². The minimum absolute atomic E-state index is 0.275. The lowest BCUT2D eigenvalue weighted by Crippen LogP contribution is -2.12. The maximum Gasteiger partial charge on any atom is 0.267 e. The van der Waals surface area contributed by atoms with Crippen LogP contribution in [-0.2, 0) is 6.54 Å². The van der Waals surface area contributed by atoms with E-state index in [1.807, 2.05) is 25.5 Å². The number of nitrogens with zero attached hydrogens (tertiary/aromatic N) is 2. The number of carbonyl (C=O) groups excluding carboxylic acids is 1. The van der Waals surface area contributed by atoms with Gasteiger partial charge in [-0.25, -0.2) is 0 Å². The van der Waals surface area contributed by atoms with E-state index in [9.17, 15) is 4.79 Å². The Morgan fingerprint density at radius 1 is 1.32 bits per heavy atom. The summed E-state index contributed by atoms with van der Waals surface area (Å²) in [6, 6.07) is 3.55. The van der Waals surface area contributed by atoms with Gasteiger partial charge >= 0.3 is 0 Å². The Bertz CT molecular complexity index is 978. The second-order valence-corrected chi connectivity index (χ2v) is 7.30. The zero-order valence-electron chi connectivity index (χ0n) is 14.2. The molecule has 0 aliphatic rings. The summed E-state index contributed by atoms with van der Waals surface area (Å²) >= 11 is 14.0. The molecule has 132 valence electrons. The Hall–Kier alpha value is -1.76. The van der Waals surface area contributed by atoms with Gasteiger partial charge in [-0.3, -0.25) is 9.48 Å². The van der Waals surface area contributed by atoms with Gasteiger partial charge in [0.2, 0.25) is 0 Å². The molecule has 2 heterocycles. The molecule has 0 fully saturated rings. The summed E-state index contributed by atoms with van der Waals surface area (Å²) in [6.07, 6.45) is 0. The topological polar surface area (TPSA) is 56.2 Å². The molecule has 25 heavy (non-hydrogen) atoms. The maximum atomic E-state index is 12.8. The number of benzene rings is 1. The van der Waals surface area contributed by atoms with Crippen LogP contribution in [0.15, 0.2) is 12.1 Å². The van der Waals surface area contributed by atoms with Crippen LogP contribution in [0, 0.1) is 13.8 Å². The number of ether oxygens (including phenoxy) is 1. The van der Waals surface area contributed by atoms with E-state index in [1.165, 1.54) is 11.3 Å². The average Bonchev–Trinajstić information content (AvgIpc) is 3.07. The minimum Gasteiger partial charge on any atom is -0.495 e. The number of thiophene rings is 1. The van der Waals surface area contributed by atoms with E-state index in [0.717, 1.165) is 28.0 Å². The number of anilines is 1. The lowest BCUT2D eigenvalue weighted by atomic mass is 10.2. The van der Waals surface area contributed by atoms with E-state index in [1.54, 1.807) is 19.2 Å². The zero-order chi connectivity index (χ0) is 18.3. The second kappa shape index (κ2) is 6.86. The number of methoxy groups -OCH3 is 1. The van der Waals surface area contributed by atoms with Crippen LogP contribution in [0.4, 0.5) is 5.69 Å². The van der Waals surface area contributed by atoms with Gasteiger partial charge in [0.15, 0.2) is 0 Å². The van der Waals surface area contributed by atoms with Crippen molar-refractivity contribution in [1.29, 1.82) is 0 Å². The first-order valence-electron chi connectivity index (χ1n) is 7.68. The van der Waals surface area contributed by atoms with Gasteiger partial charge in [0.25, 0.3) is 5.91 Å². The number of rotatable bonds is 4. The number of hydrogen-bond donors (Lipinski definition) is 1. The molecule has 3 rings (SSSR count). The molecule has 0 radical (unpaired) electrons. The molecule has 0 spiro atoms. The highest BCUT2D eigenvalue weighted by atomic mass is 35.5. The number of halogens is 2. The van der Waals surface area contributed by atoms with Gasteiger partial charge in [-0.15, -0.1) is 11.3 Å². The van der Waals surface area contributed by atoms with Crippen molar-refractivity contribution >= 4 is 56.2 Å². The smallest absolute Gasteiger partial charge is 0.267 e. The Labute approximate surface area is 159 Å². The van der Waals surface area contributed by atoms with Crippen molar-refractivity contribution in [2.45, 2.75) is 27.3 Å². The molecule has 0 bridgehead atoms. The van der Waals surface area contributed by atoms with Crippen LogP contribution in [0.3, 0.4) is 0 Å². The third-order valence-corrected chi connectivity index (χ3v) is 6.26. The van der Waals surface area contributed by atoms with E-state index >= 15 is 0 Å². The molecule has 1 N–H and O–H groups in total. The lowest BCUT2D eigenvalue weighted by molar-refractivity contribution is 0.103. The van der Waals surface area contributed by atoms with Crippen LogP contribution in [0.25, 0.3) is 10.1 Å². The summed E-state index contributed by atoms with van der Waals surface area (Å²) in [5, 5.41) is 8.92. The highest BCUT2D eigenvalue weighted by Gasteiger charge is 2.22. The van der Waals surface area contributed by atoms with Crippen LogP contribution in [-0.4, -0.2) is 22.8 Å². The predicted octanol–water partition coefficient (Wildman–Crippen LogP) is 5.30. The van der Waals surface area contributed by atoms with Crippen LogP contribution in [0.2, 0.25) is 10.0 Å². The number of aromatic nitrogens is 2. The van der Waals surface area contributed by atoms with E-state index in [2.05, 4.69) is 10.4 Å². The zero-order valence-corrected chi connectivity index (χ0v) is 16.6. The first kappa shape index (κ1) is 18.0. The highest BCUT2D eigenvalue weighted by molar-refractivity contribution is 7.22. The fraction of sp³-hybridized carbons (Fsp3) is 0.294. The van der Waals surface area contributed by atoms with Gasteiger partial charge in [-0.2, -0.15) is 5.10 Å². The van der Waals surface area contributed by atoms with Crippen LogP contribution >= 0.6 is 34.5 Å². The summed E-state index contributed by atoms with van der Waals surface area (Å²) in [5.74, 6) is 0.276. The van der Waals surface area contributed by atoms with E-state index in [-0.39, 0.29) is 5.91 Å². The molecule has 0 saturated carbocycles. The second-order valence-electron chi connectivity index (χ2n) is 5.52. The monoisotopic (exact) mass is 397 g/mol. The number of amides is 1. The minimum atomic E-state index is -0.275. The summed E-state index contributed by atoms with van der Waals surface area (Å²) in [7, 11) is 1.55. The third-order valence-electron chi connectivity index (χ3n) is 4.05. The Morgan fingerprint density at radius 2 is 2.04 bits per heavy atom. The molecule has 5 nitrogen and oxygen atoms in total. The standard InChI is InChI=1S/C17H17Cl2N3O2S/c1-5-22-9(3)14(8(2)21-22)20-17(23)16-12(18)10-6-7-11(24-4)13(19)15(10)25-16/h6-7H,5H2,1-4H3,(H,20,23). The summed E-state index contributed by atoms with van der Waals surface area (Å²) in [6.45, 7) is 6.53. The number of nitrogens with one attached hydrogen (secondary N) is 1. The van der Waals surface area contributed by atoms with Crippen molar-refractivity contribution < 1.29 is 9.53 Å². The van der Waals surface area contributed by atoms with Gasteiger partial charge < -0.3 is 10.1 Å². The van der Waals surface area contributed by atoms with Crippen LogP contribution in [0.5, 0.6) is 5.75 Å². The molecule has 0 saturated heterocycles. The highest BCUT2D eigenvalue weighted by Crippen LogP contribution is 2.43. The van der Waals surface area contributed by atoms with Crippen LogP contribution in [0.1, 0.15) is 28.0 Å². The number of carbonyl (C=O) groups is 1. The van der Waals surface area contributed by atoms with Crippen molar-refractivity contribution in [3.8, 4) is 5.75 Å². The predicted molar refractivity (Wildman–Crippen MR) is 104 cm³/mol. The van der Waals surface area contributed by atoms with E-state index in [4.69, 9.17) is 27.9 Å². The molecule has 0 aliphatic carbocycles. The molecule has 8 heteroatoms. The number of hydrogen-bond acceptors (Lipinski definition) is 4. The third kappa shape index (κ3) is 2.99. The Balaban J connectivity index is 2.02. The summed E-state index contributed by atoms with van der Waals surface area (Å²) < 4.78 is 7.80. The lowest BCUT2D eigenvalue weighted by Gasteiger charge is -2.05. The largest absolute Gasteiger partial charge is 0.495 e. The van der Waals surface area contributed by atoms with Gasteiger partial charge in [-0.05, 0) is 32.9 Å². The quantitative estimate of drug-likeness (QED) is 0.649. The van der Waals surface area contributed by atoms with Gasteiger partial charge in [0.1, 0.15) is 15.6 Å². The van der Waals surface area contributed by atoms with Crippen molar-refractivity contribution in [3.05, 3.63) is 38.4 Å². The molecular weight excluding hydrogens is 381 g/mol. The first-order valence-corrected chi connectivity index (χ1v) is 9.26. The molecule has 0 atom stereocenters. The normalized spacial score (nSPS) is 11.1.